The molecule has 2 N–H and O–H groups in total. The molecule has 1 amide bonds. The first-order chi connectivity index (χ1) is 11.0. The molecule has 2 heterocycles. The molecule has 2 aromatic rings. The van der Waals surface area contributed by atoms with Crippen LogP contribution >= 0.6 is 0 Å². The number of primary amides is 1. The van der Waals surface area contributed by atoms with Gasteiger partial charge in [-0.1, -0.05) is 5.16 Å². The molecule has 1 aliphatic heterocycles. The minimum absolute atomic E-state index is 0.0762. The third-order valence-corrected chi connectivity index (χ3v) is 4.31. The number of carbonyl (C=O) groups is 1. The van der Waals surface area contributed by atoms with Crippen molar-refractivity contribution in [2.45, 2.75) is 31.7 Å². The molecular formula is C16H19FN4O2. The van der Waals surface area contributed by atoms with Crippen molar-refractivity contribution in [1.82, 2.24) is 15.0 Å². The molecule has 0 bridgehead atoms. The predicted octanol–water partition coefficient (Wildman–Crippen LogP) is 1.93. The zero-order chi connectivity index (χ0) is 16.4. The van der Waals surface area contributed by atoms with Crippen LogP contribution in [-0.2, 0) is 4.79 Å². The molecule has 2 atom stereocenters. The topological polar surface area (TPSA) is 85.3 Å². The van der Waals surface area contributed by atoms with E-state index in [-0.39, 0.29) is 23.7 Å². The lowest BCUT2D eigenvalue weighted by Gasteiger charge is -2.33. The lowest BCUT2D eigenvalue weighted by atomic mass is 9.96. The summed E-state index contributed by atoms with van der Waals surface area (Å²) in [6, 6.07) is 5.65. The maximum atomic E-state index is 13.0. The summed E-state index contributed by atoms with van der Waals surface area (Å²) >= 11 is 0. The molecule has 1 aliphatic rings. The summed E-state index contributed by atoms with van der Waals surface area (Å²) in [5.41, 5.74) is 6.09. The van der Waals surface area contributed by atoms with Crippen molar-refractivity contribution >= 4 is 5.91 Å². The fourth-order valence-electron chi connectivity index (χ4n) is 2.86. The highest BCUT2D eigenvalue weighted by atomic mass is 19.1. The Bertz CT molecular complexity index is 686. The summed E-state index contributed by atoms with van der Waals surface area (Å²) in [7, 11) is 0. The number of amides is 1. The van der Waals surface area contributed by atoms with Crippen molar-refractivity contribution in [2.75, 3.05) is 13.1 Å². The van der Waals surface area contributed by atoms with E-state index >= 15 is 0 Å². The average Bonchev–Trinajstić information content (AvgIpc) is 3.05. The van der Waals surface area contributed by atoms with E-state index in [1.165, 1.54) is 12.1 Å². The smallest absolute Gasteiger partial charge is 0.234 e. The van der Waals surface area contributed by atoms with Crippen molar-refractivity contribution in [1.29, 1.82) is 0 Å². The number of nitrogens with two attached hydrogens (primary N) is 1. The van der Waals surface area contributed by atoms with Gasteiger partial charge >= 0.3 is 0 Å². The minimum Gasteiger partial charge on any atom is -0.368 e. The molecule has 0 spiro atoms. The number of nitrogens with zero attached hydrogens (tertiary/aromatic N) is 3. The quantitative estimate of drug-likeness (QED) is 0.931. The van der Waals surface area contributed by atoms with Crippen molar-refractivity contribution < 1.29 is 13.7 Å². The largest absolute Gasteiger partial charge is 0.368 e. The average molecular weight is 318 g/mol. The summed E-state index contributed by atoms with van der Waals surface area (Å²) in [6.45, 7) is 3.30. The molecule has 0 radical (unpaired) electrons. The molecule has 1 saturated heterocycles. The Morgan fingerprint density at radius 2 is 2.17 bits per heavy atom. The Morgan fingerprint density at radius 3 is 2.87 bits per heavy atom. The van der Waals surface area contributed by atoms with Crippen LogP contribution < -0.4 is 5.73 Å². The van der Waals surface area contributed by atoms with Gasteiger partial charge in [-0.05, 0) is 50.6 Å². The molecule has 122 valence electrons. The molecule has 0 aliphatic carbocycles. The number of hydrogen-bond donors (Lipinski definition) is 1. The van der Waals surface area contributed by atoms with Crippen molar-refractivity contribution in [2.24, 2.45) is 5.73 Å². The number of carbonyl (C=O) groups excluding carboxylic acids is 1. The van der Waals surface area contributed by atoms with E-state index in [4.69, 9.17) is 10.3 Å². The van der Waals surface area contributed by atoms with E-state index in [9.17, 15) is 9.18 Å². The summed E-state index contributed by atoms with van der Waals surface area (Å²) in [6.07, 6.45) is 1.86. The van der Waals surface area contributed by atoms with Crippen LogP contribution in [0.15, 0.2) is 28.8 Å². The van der Waals surface area contributed by atoms with Gasteiger partial charge in [0, 0.05) is 12.1 Å². The van der Waals surface area contributed by atoms with Gasteiger partial charge in [-0.3, -0.25) is 9.69 Å². The van der Waals surface area contributed by atoms with Crippen LogP contribution in [0.25, 0.3) is 11.4 Å². The minimum atomic E-state index is -0.330. The monoisotopic (exact) mass is 318 g/mol. The second-order valence-electron chi connectivity index (χ2n) is 5.88. The Kier molecular flexibility index (Phi) is 4.38. The molecule has 0 saturated carbocycles. The van der Waals surface area contributed by atoms with E-state index in [1.807, 2.05) is 11.8 Å². The highest BCUT2D eigenvalue weighted by Gasteiger charge is 2.30. The molecule has 1 fully saturated rings. The number of hydrogen-bond acceptors (Lipinski definition) is 5. The van der Waals surface area contributed by atoms with Gasteiger partial charge in [0.15, 0.2) is 0 Å². The van der Waals surface area contributed by atoms with E-state index in [2.05, 4.69) is 10.1 Å². The number of aromatic nitrogens is 2. The summed E-state index contributed by atoms with van der Waals surface area (Å²) in [5, 5.41) is 3.98. The van der Waals surface area contributed by atoms with Crippen molar-refractivity contribution in [3.05, 3.63) is 36.0 Å². The predicted molar refractivity (Wildman–Crippen MR) is 81.9 cm³/mol. The third-order valence-electron chi connectivity index (χ3n) is 4.31. The second-order valence-corrected chi connectivity index (χ2v) is 5.88. The molecule has 23 heavy (non-hydrogen) atoms. The van der Waals surface area contributed by atoms with Gasteiger partial charge < -0.3 is 10.3 Å². The second kappa shape index (κ2) is 6.45. The number of halogens is 1. The molecule has 6 nitrogen and oxygen atoms in total. The van der Waals surface area contributed by atoms with Crippen molar-refractivity contribution in [3.8, 4) is 11.4 Å². The van der Waals surface area contributed by atoms with Gasteiger partial charge in [-0.25, -0.2) is 4.39 Å². The zero-order valence-corrected chi connectivity index (χ0v) is 12.9. The van der Waals surface area contributed by atoms with E-state index in [0.29, 0.717) is 23.8 Å². The molecule has 1 aromatic heterocycles. The zero-order valence-electron chi connectivity index (χ0n) is 12.9. The van der Waals surface area contributed by atoms with Gasteiger partial charge in [0.25, 0.3) is 0 Å². The molecule has 2 unspecified atom stereocenters. The fraction of sp³-hybridized carbons (Fsp3) is 0.438. The lowest BCUT2D eigenvalue weighted by molar-refractivity contribution is -0.123. The maximum Gasteiger partial charge on any atom is 0.234 e. The van der Waals surface area contributed by atoms with Gasteiger partial charge in [0.05, 0.1) is 12.0 Å². The number of piperidine rings is 1. The van der Waals surface area contributed by atoms with Crippen LogP contribution in [0.5, 0.6) is 0 Å². The van der Waals surface area contributed by atoms with Crippen LogP contribution in [0.2, 0.25) is 0 Å². The maximum absolute atomic E-state index is 13.0. The Labute approximate surface area is 133 Å². The summed E-state index contributed by atoms with van der Waals surface area (Å²) in [4.78, 5) is 17.8. The lowest BCUT2D eigenvalue weighted by Crippen LogP contribution is -2.47. The van der Waals surface area contributed by atoms with Crippen LogP contribution in [0.4, 0.5) is 4.39 Å². The molecule has 1 aromatic carbocycles. The Balaban J connectivity index is 1.74. The molecule has 3 rings (SSSR count). The van der Waals surface area contributed by atoms with Crippen LogP contribution in [0.1, 0.15) is 31.6 Å². The fourth-order valence-corrected chi connectivity index (χ4v) is 2.86. The summed E-state index contributed by atoms with van der Waals surface area (Å²) in [5.74, 6) is 0.432. The Morgan fingerprint density at radius 1 is 1.43 bits per heavy atom. The number of likely N-dealkylation sites (tertiary alicyclic amines) is 1. The first-order valence-corrected chi connectivity index (χ1v) is 7.67. The standard InChI is InChI=1S/C16H19FN4O2/c1-10(14(18)22)21-8-2-3-12(9-21)16-19-15(20-23-16)11-4-6-13(17)7-5-11/h4-7,10,12H,2-3,8-9H2,1H3,(H2,18,22). The van der Waals surface area contributed by atoms with E-state index in [0.717, 1.165) is 19.4 Å². The summed E-state index contributed by atoms with van der Waals surface area (Å²) < 4.78 is 18.4. The van der Waals surface area contributed by atoms with Gasteiger partial charge in [0.2, 0.25) is 17.6 Å². The first-order valence-electron chi connectivity index (χ1n) is 7.67. The van der Waals surface area contributed by atoms with Crippen LogP contribution in [0.3, 0.4) is 0 Å². The number of rotatable bonds is 4. The van der Waals surface area contributed by atoms with Crippen LogP contribution in [-0.4, -0.2) is 40.1 Å². The van der Waals surface area contributed by atoms with Gasteiger partial charge in [-0.15, -0.1) is 0 Å². The van der Waals surface area contributed by atoms with Crippen molar-refractivity contribution in [3.63, 3.8) is 0 Å². The third kappa shape index (κ3) is 3.39. The molecule has 7 heteroatoms. The highest BCUT2D eigenvalue weighted by Crippen LogP contribution is 2.28. The van der Waals surface area contributed by atoms with Gasteiger partial charge in [0.1, 0.15) is 5.82 Å². The Hall–Kier alpha value is -2.28. The molecular weight excluding hydrogens is 299 g/mol. The SMILES string of the molecule is CC(C(N)=O)N1CCCC(c2nc(-c3ccc(F)cc3)no2)C1. The van der Waals surface area contributed by atoms with Crippen LogP contribution in [0, 0.1) is 5.82 Å². The number of benzene rings is 1. The van der Waals surface area contributed by atoms with E-state index in [1.54, 1.807) is 12.1 Å². The highest BCUT2D eigenvalue weighted by molar-refractivity contribution is 5.79. The van der Waals surface area contributed by atoms with E-state index < -0.39 is 0 Å². The normalized spacial score (nSPS) is 20.3. The first kappa shape index (κ1) is 15.6. The van der Waals surface area contributed by atoms with Gasteiger partial charge in [-0.2, -0.15) is 4.98 Å².